The Morgan fingerprint density at radius 1 is 1.36 bits per heavy atom. The first-order valence-corrected chi connectivity index (χ1v) is 4.32. The van der Waals surface area contributed by atoms with Gasteiger partial charge in [-0.15, -0.1) is 0 Å². The number of aromatic nitrogens is 3. The summed E-state index contributed by atoms with van der Waals surface area (Å²) in [5, 5.41) is 4.25. The van der Waals surface area contributed by atoms with Crippen molar-refractivity contribution < 1.29 is 4.74 Å². The molecule has 0 aromatic carbocycles. The molecule has 0 aliphatic rings. The minimum Gasteiger partial charge on any atom is -0.497 e. The Bertz CT molecular complexity index is 436. The van der Waals surface area contributed by atoms with E-state index >= 15 is 0 Å². The summed E-state index contributed by atoms with van der Waals surface area (Å²) in [6, 6.07) is 5.58. The van der Waals surface area contributed by atoms with Crippen LogP contribution in [0.5, 0.6) is 5.75 Å². The van der Waals surface area contributed by atoms with Crippen LogP contribution >= 0.6 is 0 Å². The fourth-order valence-electron chi connectivity index (χ4n) is 1.19. The lowest BCUT2D eigenvalue weighted by Crippen LogP contribution is -1.98. The Labute approximate surface area is 82.2 Å². The lowest BCUT2D eigenvalue weighted by molar-refractivity contribution is 0.414. The van der Waals surface area contributed by atoms with Crippen LogP contribution in [-0.4, -0.2) is 21.9 Å². The van der Waals surface area contributed by atoms with Crippen LogP contribution in [0.15, 0.2) is 30.6 Å². The molecule has 0 aliphatic heterocycles. The first kappa shape index (κ1) is 8.74. The zero-order chi connectivity index (χ0) is 9.97. The second-order valence-corrected chi connectivity index (χ2v) is 2.96. The average molecular weight is 189 g/mol. The van der Waals surface area contributed by atoms with E-state index in [1.54, 1.807) is 24.1 Å². The Morgan fingerprint density at radius 2 is 2.21 bits per heavy atom. The van der Waals surface area contributed by atoms with Crippen molar-refractivity contribution in [3.63, 3.8) is 0 Å². The molecule has 72 valence electrons. The molecule has 0 fully saturated rings. The number of rotatable bonds is 2. The maximum atomic E-state index is 5.10. The molecule has 2 aromatic heterocycles. The highest BCUT2D eigenvalue weighted by Crippen LogP contribution is 2.12. The summed E-state index contributed by atoms with van der Waals surface area (Å²) in [4.78, 5) is 4.19. The van der Waals surface area contributed by atoms with Crippen LogP contribution in [0.4, 0.5) is 0 Å². The first-order chi connectivity index (χ1) is 6.79. The van der Waals surface area contributed by atoms with Gasteiger partial charge in [-0.3, -0.25) is 0 Å². The summed E-state index contributed by atoms with van der Waals surface area (Å²) in [7, 11) is 1.63. The molecule has 0 amide bonds. The topological polar surface area (TPSA) is 39.9 Å². The van der Waals surface area contributed by atoms with Crippen LogP contribution in [0.25, 0.3) is 5.82 Å². The molecule has 14 heavy (non-hydrogen) atoms. The average Bonchev–Trinajstić information content (AvgIpc) is 2.65. The van der Waals surface area contributed by atoms with Crippen molar-refractivity contribution in [3.05, 3.63) is 36.3 Å². The molecule has 0 saturated carbocycles. The smallest absolute Gasteiger partial charge is 0.156 e. The molecule has 0 saturated heterocycles. The molecular weight excluding hydrogens is 178 g/mol. The van der Waals surface area contributed by atoms with Crippen molar-refractivity contribution >= 4 is 0 Å². The number of hydrogen-bond acceptors (Lipinski definition) is 3. The lowest BCUT2D eigenvalue weighted by atomic mass is 10.4. The zero-order valence-electron chi connectivity index (χ0n) is 8.14. The lowest BCUT2D eigenvalue weighted by Gasteiger charge is -2.02. The molecule has 2 heterocycles. The maximum absolute atomic E-state index is 5.10. The van der Waals surface area contributed by atoms with Gasteiger partial charge in [0.1, 0.15) is 5.75 Å². The highest BCUT2D eigenvalue weighted by atomic mass is 16.5. The highest BCUT2D eigenvalue weighted by Gasteiger charge is 2.00. The van der Waals surface area contributed by atoms with Gasteiger partial charge in [-0.1, -0.05) is 0 Å². The Morgan fingerprint density at radius 3 is 2.86 bits per heavy atom. The zero-order valence-corrected chi connectivity index (χ0v) is 8.14. The summed E-state index contributed by atoms with van der Waals surface area (Å²) in [6.45, 7) is 1.94. The number of ether oxygens (including phenoxy) is 1. The van der Waals surface area contributed by atoms with Crippen molar-refractivity contribution in [1.29, 1.82) is 0 Å². The highest BCUT2D eigenvalue weighted by molar-refractivity contribution is 5.31. The second kappa shape index (κ2) is 3.49. The summed E-state index contributed by atoms with van der Waals surface area (Å²) in [6.07, 6.45) is 3.57. The third-order valence-electron chi connectivity index (χ3n) is 1.91. The molecule has 0 spiro atoms. The van der Waals surface area contributed by atoms with Crippen LogP contribution < -0.4 is 4.74 Å². The van der Waals surface area contributed by atoms with E-state index in [4.69, 9.17) is 4.74 Å². The van der Waals surface area contributed by atoms with Gasteiger partial charge in [0.15, 0.2) is 5.82 Å². The largest absolute Gasteiger partial charge is 0.497 e. The molecule has 0 radical (unpaired) electrons. The third kappa shape index (κ3) is 1.59. The molecular formula is C10H11N3O. The van der Waals surface area contributed by atoms with E-state index < -0.39 is 0 Å². The molecule has 0 N–H and O–H groups in total. The fourth-order valence-corrected chi connectivity index (χ4v) is 1.19. The third-order valence-corrected chi connectivity index (χ3v) is 1.91. The van der Waals surface area contributed by atoms with E-state index in [0.29, 0.717) is 0 Å². The van der Waals surface area contributed by atoms with E-state index in [0.717, 1.165) is 17.3 Å². The quantitative estimate of drug-likeness (QED) is 0.720. The summed E-state index contributed by atoms with van der Waals surface area (Å²) in [5.74, 6) is 1.54. The van der Waals surface area contributed by atoms with Crippen LogP contribution in [0.3, 0.4) is 0 Å². The standard InChI is InChI=1S/C10H11N3O/c1-8-4-6-13(12-8)10-7-9(14-2)3-5-11-10/h3-7H,1-2H3. The van der Waals surface area contributed by atoms with Gasteiger partial charge in [-0.25, -0.2) is 9.67 Å². The molecule has 0 unspecified atom stereocenters. The Balaban J connectivity index is 2.41. The van der Waals surface area contributed by atoms with Gasteiger partial charge >= 0.3 is 0 Å². The van der Waals surface area contributed by atoms with Gasteiger partial charge in [-0.2, -0.15) is 5.10 Å². The molecule has 4 heteroatoms. The van der Waals surface area contributed by atoms with E-state index in [1.165, 1.54) is 0 Å². The number of aryl methyl sites for hydroxylation is 1. The minimum atomic E-state index is 0.762. The summed E-state index contributed by atoms with van der Waals surface area (Å²) >= 11 is 0. The Hall–Kier alpha value is -1.84. The predicted octanol–water partition coefficient (Wildman–Crippen LogP) is 1.58. The van der Waals surface area contributed by atoms with Crippen molar-refractivity contribution in [1.82, 2.24) is 14.8 Å². The van der Waals surface area contributed by atoms with Crippen molar-refractivity contribution in [2.24, 2.45) is 0 Å². The van der Waals surface area contributed by atoms with Crippen LogP contribution in [0, 0.1) is 6.92 Å². The van der Waals surface area contributed by atoms with Gasteiger partial charge in [-0.05, 0) is 19.1 Å². The van der Waals surface area contributed by atoms with Crippen LogP contribution in [0.2, 0.25) is 0 Å². The normalized spacial score (nSPS) is 10.1. The minimum absolute atomic E-state index is 0.762. The van der Waals surface area contributed by atoms with Crippen molar-refractivity contribution in [3.8, 4) is 11.6 Å². The molecule has 2 rings (SSSR count). The predicted molar refractivity (Wildman–Crippen MR) is 52.6 cm³/mol. The van der Waals surface area contributed by atoms with E-state index in [9.17, 15) is 0 Å². The van der Waals surface area contributed by atoms with Crippen LogP contribution in [-0.2, 0) is 0 Å². The number of methoxy groups -OCH3 is 1. The molecule has 0 aliphatic carbocycles. The van der Waals surface area contributed by atoms with Gasteiger partial charge in [0, 0.05) is 18.5 Å². The first-order valence-electron chi connectivity index (χ1n) is 4.32. The summed E-state index contributed by atoms with van der Waals surface area (Å²) < 4.78 is 6.82. The van der Waals surface area contributed by atoms with E-state index in [-0.39, 0.29) is 0 Å². The van der Waals surface area contributed by atoms with Crippen molar-refractivity contribution in [2.75, 3.05) is 7.11 Å². The van der Waals surface area contributed by atoms with E-state index in [2.05, 4.69) is 10.1 Å². The van der Waals surface area contributed by atoms with Crippen molar-refractivity contribution in [2.45, 2.75) is 6.92 Å². The fraction of sp³-hybridized carbons (Fsp3) is 0.200. The van der Waals surface area contributed by atoms with Gasteiger partial charge < -0.3 is 4.74 Å². The maximum Gasteiger partial charge on any atom is 0.156 e. The van der Waals surface area contributed by atoms with Gasteiger partial charge in [0.2, 0.25) is 0 Å². The summed E-state index contributed by atoms with van der Waals surface area (Å²) in [5.41, 5.74) is 0.967. The number of hydrogen-bond donors (Lipinski definition) is 0. The molecule has 2 aromatic rings. The molecule has 0 atom stereocenters. The number of nitrogens with zero attached hydrogens (tertiary/aromatic N) is 3. The Kier molecular flexibility index (Phi) is 2.18. The molecule has 0 bridgehead atoms. The SMILES string of the molecule is COc1ccnc(-n2ccc(C)n2)c1. The monoisotopic (exact) mass is 189 g/mol. The molecule has 4 nitrogen and oxygen atoms in total. The van der Waals surface area contributed by atoms with Gasteiger partial charge in [0.25, 0.3) is 0 Å². The number of pyridine rings is 1. The van der Waals surface area contributed by atoms with Gasteiger partial charge in [0.05, 0.1) is 12.8 Å². The van der Waals surface area contributed by atoms with Crippen LogP contribution in [0.1, 0.15) is 5.69 Å². The second-order valence-electron chi connectivity index (χ2n) is 2.96. The van der Waals surface area contributed by atoms with E-state index in [1.807, 2.05) is 25.3 Å².